The molecule has 100 valence electrons. The number of nitrogens with one attached hydrogen (secondary N) is 2. The van der Waals surface area contributed by atoms with Gasteiger partial charge in [-0.25, -0.2) is 4.98 Å². The average Bonchev–Trinajstić information content (AvgIpc) is 2.69. The van der Waals surface area contributed by atoms with E-state index in [9.17, 15) is 4.79 Å². The average molecular weight is 267 g/mol. The van der Waals surface area contributed by atoms with Gasteiger partial charge in [0.25, 0.3) is 0 Å². The SMILES string of the molecule is CCC1(C(=O)Nc2nc(C)c(C)s2)CCNCC1. The highest BCUT2D eigenvalue weighted by atomic mass is 32.1. The summed E-state index contributed by atoms with van der Waals surface area (Å²) in [5.41, 5.74) is 0.796. The first-order valence-corrected chi connectivity index (χ1v) is 7.35. The van der Waals surface area contributed by atoms with Crippen LogP contribution in [0, 0.1) is 19.3 Å². The summed E-state index contributed by atoms with van der Waals surface area (Å²) >= 11 is 1.56. The predicted octanol–water partition coefficient (Wildman–Crippen LogP) is 2.48. The second kappa shape index (κ2) is 5.36. The number of nitrogens with zero attached hydrogens (tertiary/aromatic N) is 1. The first kappa shape index (κ1) is 13.5. The van der Waals surface area contributed by atoms with Gasteiger partial charge in [0.1, 0.15) is 0 Å². The number of amides is 1. The van der Waals surface area contributed by atoms with Crippen LogP contribution in [0.2, 0.25) is 0 Å². The minimum atomic E-state index is -0.210. The van der Waals surface area contributed by atoms with Crippen LogP contribution in [0.15, 0.2) is 0 Å². The van der Waals surface area contributed by atoms with Crippen molar-refractivity contribution in [1.29, 1.82) is 0 Å². The Morgan fingerprint density at radius 3 is 2.61 bits per heavy atom. The highest BCUT2D eigenvalue weighted by Gasteiger charge is 2.38. The fraction of sp³-hybridized carbons (Fsp3) is 0.692. The Morgan fingerprint density at radius 1 is 1.44 bits per heavy atom. The zero-order valence-corrected chi connectivity index (χ0v) is 12.1. The van der Waals surface area contributed by atoms with E-state index in [2.05, 4.69) is 22.5 Å². The largest absolute Gasteiger partial charge is 0.317 e. The molecule has 1 aliphatic heterocycles. The molecular formula is C13H21N3OS. The highest BCUT2D eigenvalue weighted by molar-refractivity contribution is 7.15. The van der Waals surface area contributed by atoms with Crippen molar-refractivity contribution in [2.45, 2.75) is 40.0 Å². The molecule has 1 amide bonds. The van der Waals surface area contributed by atoms with Crippen molar-refractivity contribution >= 4 is 22.4 Å². The van der Waals surface area contributed by atoms with Gasteiger partial charge < -0.3 is 10.6 Å². The third-order valence-electron chi connectivity index (χ3n) is 3.97. The smallest absolute Gasteiger partial charge is 0.232 e. The number of rotatable bonds is 3. The Bertz CT molecular complexity index is 416. The summed E-state index contributed by atoms with van der Waals surface area (Å²) in [7, 11) is 0. The molecule has 2 heterocycles. The van der Waals surface area contributed by atoms with Crippen LogP contribution in [-0.4, -0.2) is 24.0 Å². The molecule has 2 N–H and O–H groups in total. The van der Waals surface area contributed by atoms with E-state index in [1.807, 2.05) is 13.8 Å². The third-order valence-corrected chi connectivity index (χ3v) is 4.96. The molecule has 0 aliphatic carbocycles. The number of thiazole rings is 1. The van der Waals surface area contributed by atoms with E-state index >= 15 is 0 Å². The number of aryl methyl sites for hydroxylation is 2. The van der Waals surface area contributed by atoms with Gasteiger partial charge in [-0.05, 0) is 46.2 Å². The Kier molecular flexibility index (Phi) is 4.02. The van der Waals surface area contributed by atoms with Gasteiger partial charge in [0.2, 0.25) is 5.91 Å². The molecule has 1 aromatic heterocycles. The van der Waals surface area contributed by atoms with Crippen LogP contribution in [0.5, 0.6) is 0 Å². The van der Waals surface area contributed by atoms with E-state index in [4.69, 9.17) is 0 Å². The molecule has 18 heavy (non-hydrogen) atoms. The lowest BCUT2D eigenvalue weighted by molar-refractivity contribution is -0.127. The van der Waals surface area contributed by atoms with E-state index in [0.717, 1.165) is 43.2 Å². The Balaban J connectivity index is 2.10. The fourth-order valence-electron chi connectivity index (χ4n) is 2.40. The van der Waals surface area contributed by atoms with E-state index in [1.165, 1.54) is 4.88 Å². The normalized spacial score (nSPS) is 18.6. The molecule has 1 aromatic rings. The summed E-state index contributed by atoms with van der Waals surface area (Å²) in [6.07, 6.45) is 2.72. The van der Waals surface area contributed by atoms with Gasteiger partial charge in [-0.15, -0.1) is 11.3 Å². The molecule has 0 radical (unpaired) electrons. The van der Waals surface area contributed by atoms with Gasteiger partial charge >= 0.3 is 0 Å². The van der Waals surface area contributed by atoms with Gasteiger partial charge in [0.15, 0.2) is 5.13 Å². The predicted molar refractivity (Wildman–Crippen MR) is 75.0 cm³/mol. The lowest BCUT2D eigenvalue weighted by Crippen LogP contribution is -2.44. The summed E-state index contributed by atoms with van der Waals surface area (Å²) in [5.74, 6) is 0.139. The second-order valence-electron chi connectivity index (χ2n) is 5.00. The minimum Gasteiger partial charge on any atom is -0.317 e. The monoisotopic (exact) mass is 267 g/mol. The number of hydrogen-bond acceptors (Lipinski definition) is 4. The first-order valence-electron chi connectivity index (χ1n) is 6.53. The molecule has 0 atom stereocenters. The van der Waals surface area contributed by atoms with Gasteiger partial charge in [-0.2, -0.15) is 0 Å². The maximum Gasteiger partial charge on any atom is 0.232 e. The summed E-state index contributed by atoms with van der Waals surface area (Å²) < 4.78 is 0. The van der Waals surface area contributed by atoms with Crippen LogP contribution < -0.4 is 10.6 Å². The van der Waals surface area contributed by atoms with Crippen molar-refractivity contribution in [2.24, 2.45) is 5.41 Å². The molecule has 4 nitrogen and oxygen atoms in total. The van der Waals surface area contributed by atoms with Crippen molar-refractivity contribution in [3.8, 4) is 0 Å². The quantitative estimate of drug-likeness (QED) is 0.884. The Labute approximate surface area is 112 Å². The van der Waals surface area contributed by atoms with Crippen LogP contribution in [-0.2, 0) is 4.79 Å². The number of aromatic nitrogens is 1. The maximum atomic E-state index is 12.5. The van der Waals surface area contributed by atoms with Crippen LogP contribution in [0.25, 0.3) is 0 Å². The summed E-state index contributed by atoms with van der Waals surface area (Å²) in [6, 6.07) is 0. The lowest BCUT2D eigenvalue weighted by atomic mass is 9.76. The zero-order chi connectivity index (χ0) is 13.2. The molecular weight excluding hydrogens is 246 g/mol. The molecule has 1 fully saturated rings. The molecule has 1 saturated heterocycles. The van der Waals surface area contributed by atoms with Crippen molar-refractivity contribution in [1.82, 2.24) is 10.3 Å². The maximum absolute atomic E-state index is 12.5. The van der Waals surface area contributed by atoms with Gasteiger partial charge in [-0.3, -0.25) is 4.79 Å². The Morgan fingerprint density at radius 2 is 2.11 bits per heavy atom. The van der Waals surface area contributed by atoms with Crippen LogP contribution in [0.3, 0.4) is 0 Å². The van der Waals surface area contributed by atoms with Crippen molar-refractivity contribution in [3.05, 3.63) is 10.6 Å². The number of hydrogen-bond donors (Lipinski definition) is 2. The number of anilines is 1. The summed E-state index contributed by atoms with van der Waals surface area (Å²) in [5, 5.41) is 7.06. The highest BCUT2D eigenvalue weighted by Crippen LogP contribution is 2.34. The fourth-order valence-corrected chi connectivity index (χ4v) is 3.21. The van der Waals surface area contributed by atoms with Crippen molar-refractivity contribution < 1.29 is 4.79 Å². The van der Waals surface area contributed by atoms with E-state index in [1.54, 1.807) is 11.3 Å². The van der Waals surface area contributed by atoms with Crippen LogP contribution >= 0.6 is 11.3 Å². The third kappa shape index (κ3) is 2.57. The Hall–Kier alpha value is -0.940. The molecule has 0 spiro atoms. The second-order valence-corrected chi connectivity index (χ2v) is 6.20. The van der Waals surface area contributed by atoms with Gasteiger partial charge in [0, 0.05) is 4.88 Å². The molecule has 5 heteroatoms. The van der Waals surface area contributed by atoms with Crippen LogP contribution in [0.1, 0.15) is 36.8 Å². The summed E-state index contributed by atoms with van der Waals surface area (Å²) in [6.45, 7) is 7.96. The number of carbonyl (C=O) groups is 1. The molecule has 0 unspecified atom stereocenters. The van der Waals surface area contributed by atoms with Crippen LogP contribution in [0.4, 0.5) is 5.13 Å². The number of carbonyl (C=O) groups excluding carboxylic acids is 1. The van der Waals surface area contributed by atoms with Crippen molar-refractivity contribution in [3.63, 3.8) is 0 Å². The molecule has 0 aromatic carbocycles. The molecule has 2 rings (SSSR count). The summed E-state index contributed by atoms with van der Waals surface area (Å²) in [4.78, 5) is 18.0. The van der Waals surface area contributed by atoms with Crippen molar-refractivity contribution in [2.75, 3.05) is 18.4 Å². The zero-order valence-electron chi connectivity index (χ0n) is 11.3. The van der Waals surface area contributed by atoms with Gasteiger partial charge in [-0.1, -0.05) is 6.92 Å². The lowest BCUT2D eigenvalue weighted by Gasteiger charge is -2.34. The topological polar surface area (TPSA) is 54.0 Å². The standard InChI is InChI=1S/C13H21N3OS/c1-4-13(5-7-14-8-6-13)11(17)16-12-15-9(2)10(3)18-12/h14H,4-8H2,1-3H3,(H,15,16,17). The number of piperidine rings is 1. The molecule has 1 aliphatic rings. The van der Waals surface area contributed by atoms with E-state index in [0.29, 0.717) is 0 Å². The van der Waals surface area contributed by atoms with E-state index in [-0.39, 0.29) is 11.3 Å². The minimum absolute atomic E-state index is 0.139. The first-order chi connectivity index (χ1) is 8.57. The van der Waals surface area contributed by atoms with Gasteiger partial charge in [0.05, 0.1) is 11.1 Å². The van der Waals surface area contributed by atoms with E-state index < -0.39 is 0 Å². The molecule has 0 bridgehead atoms. The molecule has 0 saturated carbocycles.